The zero-order chi connectivity index (χ0) is 11.1. The van der Waals surface area contributed by atoms with E-state index in [1.165, 1.54) is 31.2 Å². The SMILES string of the molecule is CCCCCCc1ccc(Cl)c(C#N)c1. The number of halogens is 1. The molecule has 0 aliphatic heterocycles. The van der Waals surface area contributed by atoms with Gasteiger partial charge in [-0.2, -0.15) is 5.26 Å². The van der Waals surface area contributed by atoms with E-state index >= 15 is 0 Å². The molecule has 0 fully saturated rings. The minimum Gasteiger partial charge on any atom is -0.192 e. The summed E-state index contributed by atoms with van der Waals surface area (Å²) in [5, 5.41) is 9.37. The van der Waals surface area contributed by atoms with Crippen LogP contribution >= 0.6 is 11.6 Å². The van der Waals surface area contributed by atoms with Crippen LogP contribution in [0.2, 0.25) is 5.02 Å². The topological polar surface area (TPSA) is 23.8 Å². The highest BCUT2D eigenvalue weighted by Crippen LogP contribution is 2.18. The van der Waals surface area contributed by atoms with E-state index < -0.39 is 0 Å². The Morgan fingerprint density at radius 2 is 2.07 bits per heavy atom. The van der Waals surface area contributed by atoms with Crippen LogP contribution < -0.4 is 0 Å². The number of unbranched alkanes of at least 4 members (excludes halogenated alkanes) is 3. The summed E-state index contributed by atoms with van der Waals surface area (Å²) < 4.78 is 0. The smallest absolute Gasteiger partial charge is 0.101 e. The fraction of sp³-hybridized carbons (Fsp3) is 0.462. The van der Waals surface area contributed by atoms with Crippen LogP contribution in [0.25, 0.3) is 0 Å². The maximum Gasteiger partial charge on any atom is 0.101 e. The maximum absolute atomic E-state index is 8.82. The van der Waals surface area contributed by atoms with Crippen molar-refractivity contribution in [3.63, 3.8) is 0 Å². The predicted molar refractivity (Wildman–Crippen MR) is 64.0 cm³/mol. The third-order valence-corrected chi connectivity index (χ3v) is 2.80. The molecule has 15 heavy (non-hydrogen) atoms. The van der Waals surface area contributed by atoms with Crippen LogP contribution in [-0.4, -0.2) is 0 Å². The van der Waals surface area contributed by atoms with Crippen molar-refractivity contribution in [3.05, 3.63) is 34.3 Å². The first kappa shape index (κ1) is 12.1. The molecule has 0 saturated carbocycles. The Morgan fingerprint density at radius 3 is 2.73 bits per heavy atom. The van der Waals surface area contributed by atoms with Crippen molar-refractivity contribution < 1.29 is 0 Å². The van der Waals surface area contributed by atoms with Gasteiger partial charge in [-0.1, -0.05) is 43.9 Å². The van der Waals surface area contributed by atoms with E-state index in [9.17, 15) is 0 Å². The zero-order valence-electron chi connectivity index (χ0n) is 9.09. The van der Waals surface area contributed by atoms with Crippen molar-refractivity contribution in [2.45, 2.75) is 39.0 Å². The van der Waals surface area contributed by atoms with Gasteiger partial charge in [0.05, 0.1) is 10.6 Å². The molecule has 80 valence electrons. The number of hydrogen-bond donors (Lipinski definition) is 0. The molecule has 1 aromatic carbocycles. The largest absolute Gasteiger partial charge is 0.192 e. The van der Waals surface area contributed by atoms with E-state index in [0.717, 1.165) is 6.42 Å². The van der Waals surface area contributed by atoms with Gasteiger partial charge >= 0.3 is 0 Å². The molecule has 0 spiro atoms. The molecule has 0 amide bonds. The van der Waals surface area contributed by atoms with Gasteiger partial charge in [-0.15, -0.1) is 0 Å². The molecular weight excluding hydrogens is 206 g/mol. The standard InChI is InChI=1S/C13H16ClN/c1-2-3-4-5-6-11-7-8-13(14)12(9-11)10-15/h7-9H,2-6H2,1H3. The second kappa shape index (κ2) is 6.48. The van der Waals surface area contributed by atoms with Gasteiger partial charge < -0.3 is 0 Å². The Labute approximate surface area is 96.7 Å². The van der Waals surface area contributed by atoms with E-state index in [1.54, 1.807) is 0 Å². The number of nitriles is 1. The Balaban J connectivity index is 2.52. The quantitative estimate of drug-likeness (QED) is 0.679. The monoisotopic (exact) mass is 221 g/mol. The van der Waals surface area contributed by atoms with E-state index in [0.29, 0.717) is 10.6 Å². The van der Waals surface area contributed by atoms with Gasteiger partial charge in [0.15, 0.2) is 0 Å². The van der Waals surface area contributed by atoms with E-state index in [-0.39, 0.29) is 0 Å². The fourth-order valence-corrected chi connectivity index (χ4v) is 1.73. The Hall–Kier alpha value is -1.00. The summed E-state index contributed by atoms with van der Waals surface area (Å²) >= 11 is 5.86. The van der Waals surface area contributed by atoms with E-state index in [1.807, 2.05) is 18.2 Å². The first-order valence-electron chi connectivity index (χ1n) is 5.46. The van der Waals surface area contributed by atoms with Gasteiger partial charge in [0.25, 0.3) is 0 Å². The molecule has 0 aliphatic carbocycles. The number of rotatable bonds is 5. The molecule has 1 aromatic rings. The summed E-state index contributed by atoms with van der Waals surface area (Å²) in [7, 11) is 0. The molecule has 1 rings (SSSR count). The molecule has 0 bridgehead atoms. The average molecular weight is 222 g/mol. The van der Waals surface area contributed by atoms with E-state index in [2.05, 4.69) is 13.0 Å². The number of aryl methyl sites for hydroxylation is 1. The molecule has 0 aromatic heterocycles. The molecule has 0 radical (unpaired) electrons. The van der Waals surface area contributed by atoms with Crippen LogP contribution in [0.3, 0.4) is 0 Å². The van der Waals surface area contributed by atoms with E-state index in [4.69, 9.17) is 16.9 Å². The van der Waals surface area contributed by atoms with Crippen molar-refractivity contribution in [1.29, 1.82) is 5.26 Å². The lowest BCUT2D eigenvalue weighted by Crippen LogP contribution is -1.88. The third kappa shape index (κ3) is 3.93. The molecule has 2 heteroatoms. The van der Waals surface area contributed by atoms with Crippen molar-refractivity contribution in [2.75, 3.05) is 0 Å². The van der Waals surface area contributed by atoms with Crippen LogP contribution in [0.15, 0.2) is 18.2 Å². The van der Waals surface area contributed by atoms with Crippen molar-refractivity contribution in [3.8, 4) is 6.07 Å². The van der Waals surface area contributed by atoms with Gasteiger partial charge in [0.2, 0.25) is 0 Å². The molecule has 0 saturated heterocycles. The highest BCUT2D eigenvalue weighted by molar-refractivity contribution is 6.31. The summed E-state index contributed by atoms with van der Waals surface area (Å²) in [4.78, 5) is 0. The van der Waals surface area contributed by atoms with Gasteiger partial charge in [-0.05, 0) is 30.5 Å². The summed E-state index contributed by atoms with van der Waals surface area (Å²) in [5.41, 5.74) is 1.80. The predicted octanol–water partition coefficient (Wildman–Crippen LogP) is 4.33. The summed E-state index contributed by atoms with van der Waals surface area (Å²) in [6.45, 7) is 2.20. The highest BCUT2D eigenvalue weighted by Gasteiger charge is 2.00. The fourth-order valence-electron chi connectivity index (χ4n) is 1.57. The highest BCUT2D eigenvalue weighted by atomic mass is 35.5. The van der Waals surface area contributed by atoms with Crippen LogP contribution in [0.5, 0.6) is 0 Å². The van der Waals surface area contributed by atoms with Gasteiger partial charge in [-0.25, -0.2) is 0 Å². The second-order valence-electron chi connectivity index (χ2n) is 3.74. The van der Waals surface area contributed by atoms with Crippen molar-refractivity contribution >= 4 is 11.6 Å². The molecule has 0 N–H and O–H groups in total. The van der Waals surface area contributed by atoms with Crippen LogP contribution in [-0.2, 0) is 6.42 Å². The van der Waals surface area contributed by atoms with Crippen molar-refractivity contribution in [1.82, 2.24) is 0 Å². The minimum atomic E-state index is 0.551. The lowest BCUT2D eigenvalue weighted by Gasteiger charge is -2.02. The number of benzene rings is 1. The number of nitrogens with zero attached hydrogens (tertiary/aromatic N) is 1. The Morgan fingerprint density at radius 1 is 1.27 bits per heavy atom. The van der Waals surface area contributed by atoms with Crippen LogP contribution in [0.1, 0.15) is 43.7 Å². The maximum atomic E-state index is 8.82. The van der Waals surface area contributed by atoms with Gasteiger partial charge in [-0.3, -0.25) is 0 Å². The Kier molecular flexibility index (Phi) is 5.21. The van der Waals surface area contributed by atoms with Crippen molar-refractivity contribution in [2.24, 2.45) is 0 Å². The molecule has 1 nitrogen and oxygen atoms in total. The summed E-state index contributed by atoms with van der Waals surface area (Å²) in [6, 6.07) is 7.83. The van der Waals surface area contributed by atoms with Crippen LogP contribution in [0, 0.1) is 11.3 Å². The average Bonchev–Trinajstić information content (AvgIpc) is 2.26. The number of hydrogen-bond acceptors (Lipinski definition) is 1. The second-order valence-corrected chi connectivity index (χ2v) is 4.14. The molecule has 0 aliphatic rings. The molecule has 0 atom stereocenters. The Bertz CT molecular complexity index is 352. The van der Waals surface area contributed by atoms with Gasteiger partial charge in [0, 0.05) is 0 Å². The first-order chi connectivity index (χ1) is 7.27. The normalized spacial score (nSPS) is 9.93. The zero-order valence-corrected chi connectivity index (χ0v) is 9.85. The lowest BCUT2D eigenvalue weighted by molar-refractivity contribution is 0.667. The van der Waals surface area contributed by atoms with Gasteiger partial charge in [0.1, 0.15) is 6.07 Å². The third-order valence-electron chi connectivity index (χ3n) is 2.47. The summed E-state index contributed by atoms with van der Waals surface area (Å²) in [6.07, 6.45) is 6.05. The first-order valence-corrected chi connectivity index (χ1v) is 5.84. The molecule has 0 unspecified atom stereocenters. The minimum absolute atomic E-state index is 0.551. The molecular formula is C13H16ClN. The lowest BCUT2D eigenvalue weighted by atomic mass is 10.0. The summed E-state index contributed by atoms with van der Waals surface area (Å²) in [5.74, 6) is 0. The molecule has 0 heterocycles. The van der Waals surface area contributed by atoms with Crippen LogP contribution in [0.4, 0.5) is 0 Å².